The Balaban J connectivity index is 0.000001000. The second kappa shape index (κ2) is 3.90. The maximum absolute atomic E-state index is 2.25. The Kier molecular flexibility index (Phi) is 3.79. The Hall–Kier alpha value is -0.310. The van der Waals surface area contributed by atoms with Gasteiger partial charge in [0.15, 0.2) is 0 Å². The van der Waals surface area contributed by atoms with Crippen molar-refractivity contribution in [3.05, 3.63) is 17.7 Å². The van der Waals surface area contributed by atoms with Crippen LogP contribution in [0.3, 0.4) is 0 Å². The summed E-state index contributed by atoms with van der Waals surface area (Å²) in [6.45, 7) is 7.48. The van der Waals surface area contributed by atoms with Gasteiger partial charge in [-0.3, -0.25) is 0 Å². The molecule has 0 unspecified atom stereocenters. The van der Waals surface area contributed by atoms with Gasteiger partial charge in [-0.25, -0.2) is 9.13 Å². The molecule has 1 heterocycles. The summed E-state index contributed by atoms with van der Waals surface area (Å²) >= 11 is 0. The van der Waals surface area contributed by atoms with E-state index in [-0.39, 0.29) is 17.0 Å². The molecule has 0 saturated heterocycles. The molecule has 1 aromatic heterocycles. The van der Waals surface area contributed by atoms with Crippen molar-refractivity contribution in [2.24, 2.45) is 7.05 Å². The number of aromatic nitrogens is 2. The van der Waals surface area contributed by atoms with Crippen molar-refractivity contribution in [2.45, 2.75) is 27.3 Å². The molecule has 0 radical (unpaired) electrons. The van der Waals surface area contributed by atoms with Crippen LogP contribution in [0.25, 0.3) is 0 Å². The van der Waals surface area contributed by atoms with Crippen molar-refractivity contribution in [2.75, 3.05) is 0 Å². The Morgan fingerprint density at radius 2 is 2.00 bits per heavy atom. The van der Waals surface area contributed by atoms with Crippen molar-refractivity contribution in [3.8, 4) is 0 Å². The molecule has 0 N–H and O–H groups in total. The van der Waals surface area contributed by atoms with Crippen LogP contribution in [0.2, 0.25) is 0 Å². The van der Waals surface area contributed by atoms with Crippen LogP contribution >= 0.6 is 0 Å². The molecule has 0 fully saturated rings. The molecular weight excluding hydrogens is 204 g/mol. The fourth-order valence-electron chi connectivity index (χ4n) is 1.17. The Morgan fingerprint density at radius 1 is 1.45 bits per heavy atom. The van der Waals surface area contributed by atoms with E-state index >= 15 is 0 Å². The third-order valence-corrected chi connectivity index (χ3v) is 2.11. The minimum absolute atomic E-state index is 0. The van der Waals surface area contributed by atoms with Crippen LogP contribution in [0.5, 0.6) is 0 Å². The van der Waals surface area contributed by atoms with Gasteiger partial charge in [0, 0.05) is 13.8 Å². The van der Waals surface area contributed by atoms with Crippen molar-refractivity contribution >= 4 is 0 Å². The van der Waals surface area contributed by atoms with E-state index in [1.165, 1.54) is 11.5 Å². The second-order valence-electron chi connectivity index (χ2n) is 2.66. The van der Waals surface area contributed by atoms with Crippen LogP contribution in [-0.2, 0) is 13.6 Å². The van der Waals surface area contributed by atoms with Crippen LogP contribution in [0.1, 0.15) is 18.4 Å². The van der Waals surface area contributed by atoms with Gasteiger partial charge in [-0.15, -0.1) is 0 Å². The van der Waals surface area contributed by atoms with Gasteiger partial charge in [0.1, 0.15) is 11.9 Å². The summed E-state index contributed by atoms with van der Waals surface area (Å²) in [5, 5.41) is 0. The van der Waals surface area contributed by atoms with Crippen molar-refractivity contribution in [1.82, 2.24) is 4.57 Å². The molecule has 1 rings (SSSR count). The Bertz CT molecular complexity index is 240. The predicted molar refractivity (Wildman–Crippen MR) is 40.8 cm³/mol. The first kappa shape index (κ1) is 10.7. The topological polar surface area (TPSA) is 8.81 Å². The van der Waals surface area contributed by atoms with E-state index in [9.17, 15) is 0 Å². The molecule has 0 aromatic carbocycles. The van der Waals surface area contributed by atoms with E-state index in [0.29, 0.717) is 0 Å². The monoisotopic (exact) mass is 218 g/mol. The zero-order valence-corrected chi connectivity index (χ0v) is 9.14. The van der Waals surface area contributed by atoms with Gasteiger partial charge in [0.05, 0.1) is 13.6 Å². The van der Waals surface area contributed by atoms with Crippen LogP contribution in [-0.4, -0.2) is 4.57 Å². The van der Waals surface area contributed by atoms with E-state index in [1.807, 2.05) is 0 Å². The lowest BCUT2D eigenvalue weighted by Crippen LogP contribution is -3.00. The quantitative estimate of drug-likeness (QED) is 0.481. The fraction of sp³-hybridized carbons (Fsp3) is 0.625. The van der Waals surface area contributed by atoms with Gasteiger partial charge < -0.3 is 17.0 Å². The van der Waals surface area contributed by atoms with Crippen molar-refractivity contribution in [3.63, 3.8) is 0 Å². The van der Waals surface area contributed by atoms with Crippen LogP contribution in [0.15, 0.2) is 6.20 Å². The summed E-state index contributed by atoms with van der Waals surface area (Å²) in [5.74, 6) is 1.32. The summed E-state index contributed by atoms with van der Waals surface area (Å²) in [7, 11) is 2.09. The number of halogens is 1. The summed E-state index contributed by atoms with van der Waals surface area (Å²) in [6.07, 6.45) is 2.18. The minimum Gasteiger partial charge on any atom is -1.00 e. The predicted octanol–water partition coefficient (Wildman–Crippen LogP) is -2.05. The number of hydrogen-bond donors (Lipinski definition) is 0. The lowest BCUT2D eigenvalue weighted by Gasteiger charge is -1.90. The van der Waals surface area contributed by atoms with E-state index < -0.39 is 0 Å². The van der Waals surface area contributed by atoms with E-state index in [0.717, 1.165) is 6.54 Å². The largest absolute Gasteiger partial charge is 1.00 e. The smallest absolute Gasteiger partial charge is 0.253 e. The first-order chi connectivity index (χ1) is 4.66. The van der Waals surface area contributed by atoms with Crippen molar-refractivity contribution in [1.29, 1.82) is 0 Å². The average molecular weight is 219 g/mol. The highest BCUT2D eigenvalue weighted by molar-refractivity contribution is 4.89. The van der Waals surface area contributed by atoms with Crippen molar-refractivity contribution < 1.29 is 21.5 Å². The highest BCUT2D eigenvalue weighted by Gasteiger charge is 2.10. The molecule has 0 amide bonds. The van der Waals surface area contributed by atoms with Crippen LogP contribution in [0.4, 0.5) is 0 Å². The minimum atomic E-state index is 0. The Labute approximate surface area is 78.6 Å². The average Bonchev–Trinajstić information content (AvgIpc) is 2.17. The van der Waals surface area contributed by atoms with Crippen LogP contribution in [0, 0.1) is 13.8 Å². The molecule has 0 spiro atoms. The molecule has 1 aromatic rings. The van der Waals surface area contributed by atoms with Gasteiger partial charge in [-0.05, 0) is 6.92 Å². The highest BCUT2D eigenvalue weighted by atomic mass is 79.9. The molecular formula is C8H15BrN2. The molecule has 3 heteroatoms. The summed E-state index contributed by atoms with van der Waals surface area (Å²) < 4.78 is 4.44. The molecule has 0 aliphatic heterocycles. The maximum Gasteiger partial charge on any atom is 0.253 e. The molecule has 0 aliphatic carbocycles. The Morgan fingerprint density at radius 3 is 2.18 bits per heavy atom. The van der Waals surface area contributed by atoms with Crippen LogP contribution < -0.4 is 21.5 Å². The molecule has 0 aliphatic rings. The number of aryl methyl sites for hydroxylation is 2. The summed E-state index contributed by atoms with van der Waals surface area (Å²) in [4.78, 5) is 0. The number of nitrogens with zero attached hydrogens (tertiary/aromatic N) is 2. The van der Waals surface area contributed by atoms with E-state index in [2.05, 4.69) is 43.1 Å². The SMILES string of the molecule is CCn1cc(C)[n+](C)c1C.[Br-]. The standard InChI is InChI=1S/C8H15N2.BrH/c1-5-10-6-7(2)9(4)8(10)3;/h6H,5H2,1-4H3;1H/q+1;/p-1. The zero-order chi connectivity index (χ0) is 7.72. The highest BCUT2D eigenvalue weighted by Crippen LogP contribution is 1.96. The lowest BCUT2D eigenvalue weighted by atomic mass is 10.5. The summed E-state index contributed by atoms with van der Waals surface area (Å²) in [6, 6.07) is 0. The lowest BCUT2D eigenvalue weighted by molar-refractivity contribution is -0.683. The molecule has 0 atom stereocenters. The molecule has 2 nitrogen and oxygen atoms in total. The zero-order valence-electron chi connectivity index (χ0n) is 7.56. The molecule has 0 saturated carbocycles. The summed E-state index contributed by atoms with van der Waals surface area (Å²) in [5.41, 5.74) is 1.32. The van der Waals surface area contributed by atoms with E-state index in [4.69, 9.17) is 0 Å². The molecule has 11 heavy (non-hydrogen) atoms. The third kappa shape index (κ3) is 1.83. The molecule has 64 valence electrons. The fourth-order valence-corrected chi connectivity index (χ4v) is 1.17. The third-order valence-electron chi connectivity index (χ3n) is 2.11. The number of rotatable bonds is 1. The van der Waals surface area contributed by atoms with Gasteiger partial charge in [-0.2, -0.15) is 0 Å². The van der Waals surface area contributed by atoms with Gasteiger partial charge >= 0.3 is 0 Å². The molecule has 0 bridgehead atoms. The van der Waals surface area contributed by atoms with Gasteiger partial charge in [0.25, 0.3) is 5.82 Å². The van der Waals surface area contributed by atoms with E-state index in [1.54, 1.807) is 0 Å². The number of imidazole rings is 1. The maximum atomic E-state index is 2.25. The first-order valence-corrected chi connectivity index (χ1v) is 3.69. The second-order valence-corrected chi connectivity index (χ2v) is 2.66. The van der Waals surface area contributed by atoms with Gasteiger partial charge in [-0.1, -0.05) is 0 Å². The normalized spacial score (nSPS) is 9.45. The van der Waals surface area contributed by atoms with Gasteiger partial charge in [0.2, 0.25) is 0 Å². The first-order valence-electron chi connectivity index (χ1n) is 3.69. The number of hydrogen-bond acceptors (Lipinski definition) is 0.